The van der Waals surface area contributed by atoms with Crippen molar-refractivity contribution in [2.45, 2.75) is 71.8 Å². The van der Waals surface area contributed by atoms with Crippen LogP contribution in [0.25, 0.3) is 10.9 Å². The highest BCUT2D eigenvalue weighted by Crippen LogP contribution is 2.34. The SMILES string of the molecule is CC1CCCCC1.CC[C@H](O)C[C@@H](C)C(=O)N(C)C.COc1cc2ncnc(Nc3cccc(Cl)c3F)c2cc1O. The number of aliphatic hydroxyl groups is 1. The number of benzene rings is 2. The fraction of sp³-hybridized carbons (Fsp3) is 0.516. The molecule has 1 heterocycles. The zero-order valence-electron chi connectivity index (χ0n) is 25.0. The lowest BCUT2D eigenvalue weighted by molar-refractivity contribution is -0.133. The van der Waals surface area contributed by atoms with Gasteiger partial charge in [0, 0.05) is 31.5 Å². The molecule has 0 bridgehead atoms. The first-order valence-corrected chi connectivity index (χ1v) is 14.5. The fourth-order valence-corrected chi connectivity index (χ4v) is 4.66. The van der Waals surface area contributed by atoms with Crippen LogP contribution in [-0.4, -0.2) is 58.3 Å². The predicted octanol–water partition coefficient (Wildman–Crippen LogP) is 7.34. The number of rotatable bonds is 7. The molecule has 0 aliphatic heterocycles. The summed E-state index contributed by atoms with van der Waals surface area (Å²) in [6, 6.07) is 7.65. The van der Waals surface area contributed by atoms with Gasteiger partial charge in [0.15, 0.2) is 17.3 Å². The van der Waals surface area contributed by atoms with Crippen molar-refractivity contribution in [3.05, 3.63) is 47.5 Å². The standard InChI is InChI=1S/C15H11ClFN3O2.C9H19NO2.C7H14/c1-22-13-6-11-8(5-12(13)21)15(19-7-18-11)20-10-4-2-3-9(16)14(10)17;1-5-8(11)6-7(2)9(12)10(3)4;1-7-5-3-2-4-6-7/h2-7,21H,1H3,(H,18,19,20);7-8,11H,5-6H2,1-4H3;7H,2-6H2,1H3/t;7-,8+;/m.1./s1. The van der Waals surface area contributed by atoms with Crippen molar-refractivity contribution in [3.8, 4) is 11.5 Å². The lowest BCUT2D eigenvalue weighted by Crippen LogP contribution is -2.30. The first kappa shape index (κ1) is 34.0. The number of nitrogens with one attached hydrogen (secondary N) is 1. The molecule has 1 fully saturated rings. The molecule has 2 atom stereocenters. The van der Waals surface area contributed by atoms with E-state index < -0.39 is 5.82 Å². The maximum Gasteiger partial charge on any atom is 0.224 e. The van der Waals surface area contributed by atoms with Crippen LogP contribution in [0, 0.1) is 17.7 Å². The van der Waals surface area contributed by atoms with Crippen LogP contribution in [0.4, 0.5) is 15.9 Å². The van der Waals surface area contributed by atoms with Gasteiger partial charge in [-0.15, -0.1) is 0 Å². The lowest BCUT2D eigenvalue weighted by atomic mass is 9.91. The Labute approximate surface area is 247 Å². The summed E-state index contributed by atoms with van der Waals surface area (Å²) in [6.07, 6.45) is 9.71. The molecule has 1 saturated carbocycles. The van der Waals surface area contributed by atoms with E-state index in [-0.39, 0.29) is 34.4 Å². The Morgan fingerprint density at radius 3 is 2.46 bits per heavy atom. The van der Waals surface area contributed by atoms with E-state index in [0.29, 0.717) is 35.3 Å². The largest absolute Gasteiger partial charge is 0.504 e. The second kappa shape index (κ2) is 16.9. The van der Waals surface area contributed by atoms with Crippen molar-refractivity contribution >= 4 is 39.9 Å². The van der Waals surface area contributed by atoms with Crippen LogP contribution in [0.5, 0.6) is 11.5 Å². The second-order valence-electron chi connectivity index (χ2n) is 10.7. The molecule has 2 aromatic carbocycles. The third-order valence-corrected chi connectivity index (χ3v) is 7.29. The van der Waals surface area contributed by atoms with Gasteiger partial charge in [-0.25, -0.2) is 14.4 Å². The third kappa shape index (κ3) is 10.6. The highest BCUT2D eigenvalue weighted by atomic mass is 35.5. The van der Waals surface area contributed by atoms with Gasteiger partial charge in [0.2, 0.25) is 5.91 Å². The number of methoxy groups -OCH3 is 1. The van der Waals surface area contributed by atoms with E-state index in [9.17, 15) is 19.4 Å². The number of hydrogen-bond acceptors (Lipinski definition) is 7. The van der Waals surface area contributed by atoms with Crippen LogP contribution in [0.3, 0.4) is 0 Å². The van der Waals surface area contributed by atoms with Gasteiger partial charge in [-0.3, -0.25) is 4.79 Å². The average molecular weight is 591 g/mol. The Morgan fingerprint density at radius 1 is 1.22 bits per heavy atom. The van der Waals surface area contributed by atoms with Crippen molar-refractivity contribution in [2.24, 2.45) is 11.8 Å². The summed E-state index contributed by atoms with van der Waals surface area (Å²) in [5.74, 6) is 1.06. The van der Waals surface area contributed by atoms with Crippen LogP contribution >= 0.6 is 11.6 Å². The minimum absolute atomic E-state index is 0.00729. The molecule has 0 unspecified atom stereocenters. The van der Waals surface area contributed by atoms with Crippen LogP contribution in [0.1, 0.15) is 65.7 Å². The molecular formula is C31H44ClFN4O4. The van der Waals surface area contributed by atoms with Gasteiger partial charge in [-0.05, 0) is 37.0 Å². The minimum atomic E-state index is -0.575. The summed E-state index contributed by atoms with van der Waals surface area (Å²) < 4.78 is 19.0. The summed E-state index contributed by atoms with van der Waals surface area (Å²) in [4.78, 5) is 21.1. The molecule has 41 heavy (non-hydrogen) atoms. The van der Waals surface area contributed by atoms with Crippen molar-refractivity contribution in [1.82, 2.24) is 14.9 Å². The highest BCUT2D eigenvalue weighted by molar-refractivity contribution is 6.31. The maximum atomic E-state index is 14.0. The minimum Gasteiger partial charge on any atom is -0.504 e. The first-order chi connectivity index (χ1) is 19.5. The van der Waals surface area contributed by atoms with Gasteiger partial charge in [0.05, 0.1) is 29.4 Å². The summed E-state index contributed by atoms with van der Waals surface area (Å²) in [6.45, 7) is 6.12. The number of amides is 1. The molecule has 3 aromatic rings. The van der Waals surface area contributed by atoms with Crippen LogP contribution in [-0.2, 0) is 4.79 Å². The molecule has 8 nitrogen and oxygen atoms in total. The number of carbonyl (C=O) groups excluding carboxylic acids is 1. The average Bonchev–Trinajstić information content (AvgIpc) is 2.96. The van der Waals surface area contributed by atoms with Crippen LogP contribution in [0.2, 0.25) is 5.02 Å². The van der Waals surface area contributed by atoms with Gasteiger partial charge in [-0.1, -0.05) is 70.5 Å². The van der Waals surface area contributed by atoms with E-state index in [2.05, 4.69) is 22.2 Å². The number of anilines is 2. The Hall–Kier alpha value is -3.17. The van der Waals surface area contributed by atoms with E-state index in [4.69, 9.17) is 16.3 Å². The van der Waals surface area contributed by atoms with Crippen LogP contribution < -0.4 is 10.1 Å². The summed E-state index contributed by atoms with van der Waals surface area (Å²) in [7, 11) is 4.91. The number of aromatic hydroxyl groups is 1. The number of ether oxygens (including phenoxy) is 1. The third-order valence-electron chi connectivity index (χ3n) is 6.99. The summed E-state index contributed by atoms with van der Waals surface area (Å²) in [5, 5.41) is 22.6. The number of aliphatic hydroxyl groups excluding tert-OH is 1. The first-order valence-electron chi connectivity index (χ1n) is 14.1. The monoisotopic (exact) mass is 590 g/mol. The Bertz CT molecular complexity index is 1250. The van der Waals surface area contributed by atoms with Gasteiger partial charge >= 0.3 is 0 Å². The van der Waals surface area contributed by atoms with Crippen molar-refractivity contribution in [3.63, 3.8) is 0 Å². The molecule has 10 heteroatoms. The molecule has 1 aromatic heterocycles. The Morgan fingerprint density at radius 2 is 1.90 bits per heavy atom. The quantitative estimate of drug-likeness (QED) is 0.264. The molecule has 1 aliphatic rings. The number of nitrogens with zero attached hydrogens (tertiary/aromatic N) is 3. The molecule has 226 valence electrons. The van der Waals surface area contributed by atoms with Gasteiger partial charge in [0.25, 0.3) is 0 Å². The number of phenolic OH excluding ortho intramolecular Hbond substituents is 1. The molecular weight excluding hydrogens is 547 g/mol. The van der Waals surface area contributed by atoms with E-state index in [1.165, 1.54) is 57.7 Å². The number of hydrogen-bond donors (Lipinski definition) is 3. The fourth-order valence-electron chi connectivity index (χ4n) is 4.49. The lowest BCUT2D eigenvalue weighted by Gasteiger charge is -2.18. The Kier molecular flexibility index (Phi) is 14.1. The smallest absolute Gasteiger partial charge is 0.224 e. The normalized spacial score (nSPS) is 14.6. The van der Waals surface area contributed by atoms with Gasteiger partial charge in [-0.2, -0.15) is 0 Å². The van der Waals surface area contributed by atoms with Crippen LogP contribution in [0.15, 0.2) is 36.7 Å². The maximum absolute atomic E-state index is 14.0. The summed E-state index contributed by atoms with van der Waals surface area (Å²) in [5.41, 5.74) is 0.734. The Balaban J connectivity index is 0.000000259. The molecule has 0 radical (unpaired) electrons. The van der Waals surface area contributed by atoms with Crippen molar-refractivity contribution in [2.75, 3.05) is 26.5 Å². The molecule has 1 aliphatic carbocycles. The number of phenols is 1. The molecule has 0 saturated heterocycles. The predicted molar refractivity (Wildman–Crippen MR) is 163 cm³/mol. The van der Waals surface area contributed by atoms with E-state index in [1.54, 1.807) is 37.2 Å². The van der Waals surface area contributed by atoms with Gasteiger partial charge in [0.1, 0.15) is 12.1 Å². The second-order valence-corrected chi connectivity index (χ2v) is 11.1. The zero-order valence-corrected chi connectivity index (χ0v) is 25.7. The molecule has 1 amide bonds. The number of carbonyl (C=O) groups is 1. The van der Waals surface area contributed by atoms with Gasteiger partial charge < -0.3 is 25.2 Å². The topological polar surface area (TPSA) is 108 Å². The van der Waals surface area contributed by atoms with Crippen molar-refractivity contribution < 1.29 is 24.1 Å². The van der Waals surface area contributed by atoms with E-state index in [0.717, 1.165) is 5.92 Å². The number of aromatic nitrogens is 2. The summed E-state index contributed by atoms with van der Waals surface area (Å²) >= 11 is 5.76. The molecule has 3 N–H and O–H groups in total. The highest BCUT2D eigenvalue weighted by Gasteiger charge is 2.17. The number of fused-ring (bicyclic) bond motifs is 1. The van der Waals surface area contributed by atoms with E-state index in [1.807, 2.05) is 13.8 Å². The van der Waals surface area contributed by atoms with E-state index >= 15 is 0 Å². The molecule has 4 rings (SSSR count). The molecule has 0 spiro atoms. The van der Waals surface area contributed by atoms with Crippen molar-refractivity contribution in [1.29, 1.82) is 0 Å². The number of halogens is 2. The zero-order chi connectivity index (χ0) is 30.5.